The molecule has 0 heterocycles. The van der Waals surface area contributed by atoms with Crippen molar-refractivity contribution in [2.24, 2.45) is 0 Å². The van der Waals surface area contributed by atoms with Crippen LogP contribution in [0.3, 0.4) is 0 Å². The fourth-order valence-electron chi connectivity index (χ4n) is 2.91. The average molecular weight is 386 g/mol. The quantitative estimate of drug-likeness (QED) is 0.524. The first-order valence-electron chi connectivity index (χ1n) is 9.30. The third-order valence-corrected chi connectivity index (χ3v) is 4.42. The van der Waals surface area contributed by atoms with Crippen molar-refractivity contribution in [3.8, 4) is 23.8 Å². The summed E-state index contributed by atoms with van der Waals surface area (Å²) in [5.41, 5.74) is 2.59. The lowest BCUT2D eigenvalue weighted by Gasteiger charge is -2.15. The highest BCUT2D eigenvalue weighted by molar-refractivity contribution is 5.77. The zero-order valence-electron chi connectivity index (χ0n) is 16.0. The van der Waals surface area contributed by atoms with Gasteiger partial charge in [0.1, 0.15) is 24.7 Å². The van der Waals surface area contributed by atoms with Crippen LogP contribution in [0.5, 0.6) is 11.5 Å². The molecular formula is C25H22O4. The van der Waals surface area contributed by atoms with Crippen LogP contribution in [0.1, 0.15) is 29.0 Å². The molecule has 0 fully saturated rings. The Morgan fingerprint density at radius 3 is 1.76 bits per heavy atom. The number of carboxylic acid groups (broad SMARTS) is 1. The molecule has 0 saturated heterocycles. The van der Waals surface area contributed by atoms with Crippen LogP contribution in [0.2, 0.25) is 0 Å². The van der Waals surface area contributed by atoms with Crippen LogP contribution in [0.15, 0.2) is 78.9 Å². The first-order valence-corrected chi connectivity index (χ1v) is 9.30. The number of terminal acetylenes is 1. The lowest BCUT2D eigenvalue weighted by Crippen LogP contribution is -2.11. The summed E-state index contributed by atoms with van der Waals surface area (Å²) < 4.78 is 11.8. The van der Waals surface area contributed by atoms with Crippen LogP contribution in [0, 0.1) is 12.3 Å². The molecule has 3 aromatic carbocycles. The maximum Gasteiger partial charge on any atom is 0.311 e. The van der Waals surface area contributed by atoms with Crippen molar-refractivity contribution in [3.05, 3.63) is 95.6 Å². The molecule has 0 aromatic heterocycles. The number of ether oxygens (including phenoxy) is 2. The molecule has 1 atom stereocenters. The molecule has 0 radical (unpaired) electrons. The average Bonchev–Trinajstić information content (AvgIpc) is 2.76. The maximum atomic E-state index is 11.7. The number of rotatable bonds is 9. The lowest BCUT2D eigenvalue weighted by molar-refractivity contribution is -0.138. The van der Waals surface area contributed by atoms with Crippen molar-refractivity contribution >= 4 is 5.97 Å². The molecule has 0 bridgehead atoms. The van der Waals surface area contributed by atoms with E-state index in [9.17, 15) is 9.90 Å². The van der Waals surface area contributed by atoms with Crippen molar-refractivity contribution in [2.45, 2.75) is 25.6 Å². The predicted octanol–water partition coefficient (Wildman–Crippen LogP) is 5.04. The summed E-state index contributed by atoms with van der Waals surface area (Å²) in [5, 5.41) is 9.58. The number of aliphatic carboxylic acids is 1. The van der Waals surface area contributed by atoms with Crippen molar-refractivity contribution < 1.29 is 19.4 Å². The van der Waals surface area contributed by atoms with Crippen molar-refractivity contribution in [3.63, 3.8) is 0 Å². The summed E-state index contributed by atoms with van der Waals surface area (Å²) in [6.45, 7) is 0.741. The highest BCUT2D eigenvalue weighted by Crippen LogP contribution is 2.30. The van der Waals surface area contributed by atoms with Gasteiger partial charge in [0.15, 0.2) is 0 Å². The smallest absolute Gasteiger partial charge is 0.311 e. The van der Waals surface area contributed by atoms with Gasteiger partial charge in [0, 0.05) is 12.5 Å². The van der Waals surface area contributed by atoms with Gasteiger partial charge in [-0.25, -0.2) is 0 Å². The third kappa shape index (κ3) is 5.88. The van der Waals surface area contributed by atoms with E-state index in [0.717, 1.165) is 11.1 Å². The molecule has 1 unspecified atom stereocenters. The van der Waals surface area contributed by atoms with Gasteiger partial charge in [0.05, 0.1) is 5.92 Å². The summed E-state index contributed by atoms with van der Waals surface area (Å²) in [6.07, 6.45) is 5.47. The summed E-state index contributed by atoms with van der Waals surface area (Å²) in [5.74, 6) is 1.72. The first kappa shape index (κ1) is 20.0. The Hall–Kier alpha value is -3.71. The minimum absolute atomic E-state index is 0.0929. The van der Waals surface area contributed by atoms with E-state index in [2.05, 4.69) is 5.92 Å². The zero-order chi connectivity index (χ0) is 20.5. The van der Waals surface area contributed by atoms with Gasteiger partial charge >= 0.3 is 5.97 Å². The van der Waals surface area contributed by atoms with E-state index in [1.54, 1.807) is 18.2 Å². The van der Waals surface area contributed by atoms with Crippen molar-refractivity contribution in [1.82, 2.24) is 0 Å². The molecular weight excluding hydrogens is 364 g/mol. The Morgan fingerprint density at radius 1 is 0.862 bits per heavy atom. The Labute approximate surface area is 170 Å². The molecule has 1 N–H and O–H groups in total. The van der Waals surface area contributed by atoms with Crippen molar-refractivity contribution in [1.29, 1.82) is 0 Å². The molecule has 3 aromatic rings. The predicted molar refractivity (Wildman–Crippen MR) is 112 cm³/mol. The third-order valence-electron chi connectivity index (χ3n) is 4.42. The molecule has 3 rings (SSSR count). The van der Waals surface area contributed by atoms with Gasteiger partial charge in [-0.1, -0.05) is 60.7 Å². The molecule has 146 valence electrons. The second-order valence-corrected chi connectivity index (χ2v) is 6.59. The number of benzene rings is 3. The number of hydrogen-bond donors (Lipinski definition) is 1. The summed E-state index contributed by atoms with van der Waals surface area (Å²) in [4.78, 5) is 11.7. The second kappa shape index (κ2) is 10.0. The van der Waals surface area contributed by atoms with E-state index in [-0.39, 0.29) is 6.42 Å². The molecule has 4 heteroatoms. The molecule has 0 aliphatic carbocycles. The SMILES string of the molecule is C#CCC(C(=O)O)c1cc(OCc2ccccc2)cc(OCc2ccccc2)c1. The topological polar surface area (TPSA) is 55.8 Å². The molecule has 0 saturated carbocycles. The molecule has 0 aliphatic heterocycles. The van der Waals surface area contributed by atoms with E-state index >= 15 is 0 Å². The van der Waals surface area contributed by atoms with Crippen LogP contribution in [-0.2, 0) is 18.0 Å². The number of carboxylic acids is 1. The van der Waals surface area contributed by atoms with Crippen LogP contribution in [0.25, 0.3) is 0 Å². The van der Waals surface area contributed by atoms with E-state index in [4.69, 9.17) is 15.9 Å². The minimum Gasteiger partial charge on any atom is -0.489 e. The molecule has 4 nitrogen and oxygen atoms in total. The largest absolute Gasteiger partial charge is 0.489 e. The first-order chi connectivity index (χ1) is 14.2. The Morgan fingerprint density at radius 2 is 1.34 bits per heavy atom. The van der Waals surface area contributed by atoms with E-state index in [1.165, 1.54) is 0 Å². The van der Waals surface area contributed by atoms with Gasteiger partial charge < -0.3 is 14.6 Å². The fourth-order valence-corrected chi connectivity index (χ4v) is 2.91. The summed E-state index contributed by atoms with van der Waals surface area (Å²) in [7, 11) is 0. The Kier molecular flexibility index (Phi) is 6.91. The monoisotopic (exact) mass is 386 g/mol. The fraction of sp³-hybridized carbons (Fsp3) is 0.160. The molecule has 0 spiro atoms. The highest BCUT2D eigenvalue weighted by Gasteiger charge is 2.20. The molecule has 0 amide bonds. The van der Waals surface area contributed by atoms with Gasteiger partial charge in [-0.05, 0) is 28.8 Å². The number of hydrogen-bond acceptors (Lipinski definition) is 3. The summed E-state index contributed by atoms with van der Waals surface area (Å²) in [6, 6.07) is 24.7. The van der Waals surface area contributed by atoms with Gasteiger partial charge in [-0.15, -0.1) is 12.3 Å². The second-order valence-electron chi connectivity index (χ2n) is 6.59. The van der Waals surface area contributed by atoms with Gasteiger partial charge in [-0.3, -0.25) is 4.79 Å². The highest BCUT2D eigenvalue weighted by atomic mass is 16.5. The van der Waals surface area contributed by atoms with E-state index in [0.29, 0.717) is 30.3 Å². The minimum atomic E-state index is -0.975. The molecule has 0 aliphatic rings. The van der Waals surface area contributed by atoms with Crippen LogP contribution >= 0.6 is 0 Å². The van der Waals surface area contributed by atoms with Crippen molar-refractivity contribution in [2.75, 3.05) is 0 Å². The van der Waals surface area contributed by atoms with Gasteiger partial charge in [0.2, 0.25) is 0 Å². The Balaban J connectivity index is 1.84. The molecule has 29 heavy (non-hydrogen) atoms. The van der Waals surface area contributed by atoms with Crippen LogP contribution in [-0.4, -0.2) is 11.1 Å². The number of carbonyl (C=O) groups is 1. The Bertz CT molecular complexity index is 913. The maximum absolute atomic E-state index is 11.7. The standard InChI is InChI=1S/C25H22O4/c1-2-9-24(25(26)27)21-14-22(28-17-19-10-5-3-6-11-19)16-23(15-21)29-18-20-12-7-4-8-13-20/h1,3-8,10-16,24H,9,17-18H2,(H,26,27). The summed E-state index contributed by atoms with van der Waals surface area (Å²) >= 11 is 0. The van der Waals surface area contributed by atoms with E-state index in [1.807, 2.05) is 60.7 Å². The lowest BCUT2D eigenvalue weighted by atomic mass is 9.95. The zero-order valence-corrected chi connectivity index (χ0v) is 16.0. The van der Waals surface area contributed by atoms with Gasteiger partial charge in [-0.2, -0.15) is 0 Å². The van der Waals surface area contributed by atoms with Gasteiger partial charge in [0.25, 0.3) is 0 Å². The normalized spacial score (nSPS) is 11.3. The van der Waals surface area contributed by atoms with Crippen LogP contribution in [0.4, 0.5) is 0 Å². The van der Waals surface area contributed by atoms with E-state index < -0.39 is 11.9 Å². The van der Waals surface area contributed by atoms with Crippen LogP contribution < -0.4 is 9.47 Å².